The van der Waals surface area contributed by atoms with Crippen LogP contribution in [0.15, 0.2) is 18.2 Å². The quantitative estimate of drug-likeness (QED) is 0.861. The van der Waals surface area contributed by atoms with Gasteiger partial charge in [0.05, 0.1) is 11.1 Å². The molecule has 1 saturated heterocycles. The minimum atomic E-state index is -1.18. The standard InChI is InChI=1S/C13H13ClFNO5/c14-9-3-7(15)1-2-11(9)21-6-12(18)16-5-8(17)4-10(16)13(19)20/h1-3,8,10,17H,4-6H2,(H,19,20)/t8-,10-/m0/s1. The molecule has 0 aliphatic carbocycles. The van der Waals surface area contributed by atoms with E-state index in [9.17, 15) is 19.1 Å². The summed E-state index contributed by atoms with van der Waals surface area (Å²) in [7, 11) is 0. The van der Waals surface area contributed by atoms with Gasteiger partial charge in [-0.15, -0.1) is 0 Å². The maximum atomic E-state index is 12.9. The third kappa shape index (κ3) is 3.62. The van der Waals surface area contributed by atoms with Crippen molar-refractivity contribution < 1.29 is 28.9 Å². The van der Waals surface area contributed by atoms with Crippen LogP contribution in [0.4, 0.5) is 4.39 Å². The molecule has 8 heteroatoms. The van der Waals surface area contributed by atoms with E-state index < -0.39 is 36.4 Å². The van der Waals surface area contributed by atoms with Crippen LogP contribution in [0.2, 0.25) is 5.02 Å². The fourth-order valence-electron chi connectivity index (χ4n) is 2.14. The highest BCUT2D eigenvalue weighted by Gasteiger charge is 2.38. The molecule has 1 aromatic rings. The van der Waals surface area contributed by atoms with Crippen LogP contribution in [0.3, 0.4) is 0 Å². The Balaban J connectivity index is 1.99. The van der Waals surface area contributed by atoms with E-state index in [0.29, 0.717) is 0 Å². The van der Waals surface area contributed by atoms with Gasteiger partial charge in [-0.3, -0.25) is 4.79 Å². The highest BCUT2D eigenvalue weighted by atomic mass is 35.5. The second-order valence-corrected chi connectivity index (χ2v) is 5.06. The van der Waals surface area contributed by atoms with Crippen molar-refractivity contribution >= 4 is 23.5 Å². The number of ether oxygens (including phenoxy) is 1. The Morgan fingerprint density at radius 3 is 2.81 bits per heavy atom. The summed E-state index contributed by atoms with van der Waals surface area (Å²) in [6.45, 7) is -0.502. The number of likely N-dealkylation sites (tertiary alicyclic amines) is 1. The molecule has 0 aromatic heterocycles. The summed E-state index contributed by atoms with van der Waals surface area (Å²) in [5.41, 5.74) is 0. The van der Waals surface area contributed by atoms with Gasteiger partial charge in [0.25, 0.3) is 5.91 Å². The first-order valence-electron chi connectivity index (χ1n) is 6.16. The highest BCUT2D eigenvalue weighted by Crippen LogP contribution is 2.25. The Hall–Kier alpha value is -1.86. The van der Waals surface area contributed by atoms with Gasteiger partial charge >= 0.3 is 5.97 Å². The molecule has 6 nitrogen and oxygen atoms in total. The van der Waals surface area contributed by atoms with E-state index in [1.807, 2.05) is 0 Å². The van der Waals surface area contributed by atoms with E-state index in [4.69, 9.17) is 21.4 Å². The van der Waals surface area contributed by atoms with Gasteiger partial charge in [-0.05, 0) is 18.2 Å². The van der Waals surface area contributed by atoms with Gasteiger partial charge in [0.2, 0.25) is 0 Å². The van der Waals surface area contributed by atoms with Crippen molar-refractivity contribution in [3.05, 3.63) is 29.0 Å². The first-order chi connectivity index (χ1) is 9.88. The van der Waals surface area contributed by atoms with Crippen LogP contribution in [0.5, 0.6) is 5.75 Å². The number of aliphatic carboxylic acids is 1. The van der Waals surface area contributed by atoms with Gasteiger partial charge in [-0.2, -0.15) is 0 Å². The zero-order chi connectivity index (χ0) is 15.6. The molecule has 2 N–H and O–H groups in total. The van der Waals surface area contributed by atoms with Gasteiger partial charge in [-0.1, -0.05) is 11.6 Å². The largest absolute Gasteiger partial charge is 0.482 e. The number of halogens is 2. The van der Waals surface area contributed by atoms with E-state index in [1.54, 1.807) is 0 Å². The molecule has 1 aliphatic heterocycles. The number of rotatable bonds is 4. The molecular weight excluding hydrogens is 305 g/mol. The molecule has 0 bridgehead atoms. The van der Waals surface area contributed by atoms with Crippen LogP contribution >= 0.6 is 11.6 Å². The minimum Gasteiger partial charge on any atom is -0.482 e. The maximum absolute atomic E-state index is 12.9. The van der Waals surface area contributed by atoms with Crippen LogP contribution in [0.25, 0.3) is 0 Å². The minimum absolute atomic E-state index is 0.0130. The second-order valence-electron chi connectivity index (χ2n) is 4.65. The number of benzene rings is 1. The molecule has 2 rings (SSSR count). The number of carboxylic acid groups (broad SMARTS) is 1. The Morgan fingerprint density at radius 1 is 1.48 bits per heavy atom. The highest BCUT2D eigenvalue weighted by molar-refractivity contribution is 6.32. The zero-order valence-electron chi connectivity index (χ0n) is 10.8. The van der Waals surface area contributed by atoms with Crippen molar-refractivity contribution in [1.82, 2.24) is 4.90 Å². The number of carbonyl (C=O) groups is 2. The Labute approximate surface area is 124 Å². The van der Waals surface area contributed by atoms with E-state index in [2.05, 4.69) is 0 Å². The van der Waals surface area contributed by atoms with Gasteiger partial charge in [0, 0.05) is 13.0 Å². The van der Waals surface area contributed by atoms with Gasteiger partial charge in [0.15, 0.2) is 6.61 Å². The molecule has 114 valence electrons. The number of aliphatic hydroxyl groups excluding tert-OH is 1. The van der Waals surface area contributed by atoms with Crippen molar-refractivity contribution in [3.63, 3.8) is 0 Å². The molecule has 0 unspecified atom stereocenters. The summed E-state index contributed by atoms with van der Waals surface area (Å²) in [5.74, 6) is -2.18. The summed E-state index contributed by atoms with van der Waals surface area (Å²) in [5, 5.41) is 18.5. The van der Waals surface area contributed by atoms with E-state index >= 15 is 0 Å². The lowest BCUT2D eigenvalue weighted by Crippen LogP contribution is -2.42. The molecular formula is C13H13ClFNO5. The van der Waals surface area contributed by atoms with Crippen molar-refractivity contribution in [2.45, 2.75) is 18.6 Å². The maximum Gasteiger partial charge on any atom is 0.326 e. The number of hydrogen-bond donors (Lipinski definition) is 2. The fourth-order valence-corrected chi connectivity index (χ4v) is 2.36. The van der Waals surface area contributed by atoms with Gasteiger partial charge < -0.3 is 19.8 Å². The van der Waals surface area contributed by atoms with Gasteiger partial charge in [0.1, 0.15) is 17.6 Å². The number of nitrogens with zero attached hydrogens (tertiary/aromatic N) is 1. The number of β-amino-alcohol motifs (C(OH)–C–C–N with tert-alkyl or cyclic N) is 1. The third-order valence-corrected chi connectivity index (χ3v) is 3.42. The molecule has 1 aliphatic rings. The number of aliphatic hydroxyl groups is 1. The Kier molecular flexibility index (Phi) is 4.64. The zero-order valence-corrected chi connectivity index (χ0v) is 11.6. The molecule has 0 radical (unpaired) electrons. The molecule has 0 spiro atoms. The lowest BCUT2D eigenvalue weighted by molar-refractivity contribution is -0.148. The first kappa shape index (κ1) is 15.5. The normalized spacial score (nSPS) is 21.4. The molecule has 2 atom stereocenters. The summed E-state index contributed by atoms with van der Waals surface area (Å²) in [4.78, 5) is 24.0. The average molecular weight is 318 g/mol. The molecule has 0 saturated carbocycles. The predicted molar refractivity (Wildman–Crippen MR) is 70.7 cm³/mol. The smallest absolute Gasteiger partial charge is 0.326 e. The van der Waals surface area contributed by atoms with Crippen molar-refractivity contribution in [1.29, 1.82) is 0 Å². The van der Waals surface area contributed by atoms with Crippen LogP contribution in [0, 0.1) is 5.82 Å². The number of amides is 1. The van der Waals surface area contributed by atoms with E-state index in [1.165, 1.54) is 6.07 Å². The summed E-state index contributed by atoms with van der Waals surface area (Å²) in [6.07, 6.45) is -0.886. The Bertz CT molecular complexity index is 567. The first-order valence-corrected chi connectivity index (χ1v) is 6.54. The van der Waals surface area contributed by atoms with Gasteiger partial charge in [-0.25, -0.2) is 9.18 Å². The third-order valence-electron chi connectivity index (χ3n) is 3.13. The summed E-state index contributed by atoms with van der Waals surface area (Å²) >= 11 is 5.75. The van der Waals surface area contributed by atoms with Crippen molar-refractivity contribution in [3.8, 4) is 5.75 Å². The topological polar surface area (TPSA) is 87.1 Å². The molecule has 1 fully saturated rings. The lowest BCUT2D eigenvalue weighted by atomic mass is 10.2. The van der Waals surface area contributed by atoms with Crippen LogP contribution < -0.4 is 4.74 Å². The molecule has 21 heavy (non-hydrogen) atoms. The monoisotopic (exact) mass is 317 g/mol. The van der Waals surface area contributed by atoms with Crippen molar-refractivity contribution in [2.75, 3.05) is 13.2 Å². The van der Waals surface area contributed by atoms with E-state index in [-0.39, 0.29) is 23.7 Å². The van der Waals surface area contributed by atoms with Crippen molar-refractivity contribution in [2.24, 2.45) is 0 Å². The number of hydrogen-bond acceptors (Lipinski definition) is 4. The fraction of sp³-hybridized carbons (Fsp3) is 0.385. The SMILES string of the molecule is O=C(O)[C@@H]1C[C@H](O)CN1C(=O)COc1ccc(F)cc1Cl. The van der Waals surface area contributed by atoms with Crippen LogP contribution in [-0.4, -0.2) is 52.3 Å². The average Bonchev–Trinajstić information content (AvgIpc) is 2.80. The Morgan fingerprint density at radius 2 is 2.19 bits per heavy atom. The molecule has 1 heterocycles. The lowest BCUT2D eigenvalue weighted by Gasteiger charge is -2.21. The summed E-state index contributed by atoms with van der Waals surface area (Å²) < 4.78 is 18.0. The summed E-state index contributed by atoms with van der Waals surface area (Å²) in [6, 6.07) is 2.38. The number of carboxylic acids is 1. The predicted octanol–water partition coefficient (Wildman–Crippen LogP) is 0.904. The van der Waals surface area contributed by atoms with E-state index in [0.717, 1.165) is 17.0 Å². The second kappa shape index (κ2) is 6.28. The molecule has 1 amide bonds. The molecule has 1 aromatic carbocycles. The number of carbonyl (C=O) groups excluding carboxylic acids is 1. The van der Waals surface area contributed by atoms with Crippen LogP contribution in [0.1, 0.15) is 6.42 Å². The van der Waals surface area contributed by atoms with Crippen LogP contribution in [-0.2, 0) is 9.59 Å².